The van der Waals surface area contributed by atoms with Crippen molar-refractivity contribution in [1.82, 2.24) is 4.31 Å². The molecular formula is C15H21N3O4S. The Balaban J connectivity index is 1.95. The molecule has 1 aromatic rings. The van der Waals surface area contributed by atoms with Crippen LogP contribution in [0.25, 0.3) is 0 Å². The number of rotatable bonds is 4. The van der Waals surface area contributed by atoms with Crippen molar-refractivity contribution in [2.45, 2.75) is 37.0 Å². The lowest BCUT2D eigenvalue weighted by atomic mass is 10.1. The Morgan fingerprint density at radius 2 is 1.61 bits per heavy atom. The quantitative estimate of drug-likeness (QED) is 0.621. The molecule has 2 heterocycles. The van der Waals surface area contributed by atoms with Crippen LogP contribution in [0, 0.1) is 10.1 Å². The van der Waals surface area contributed by atoms with E-state index in [-0.39, 0.29) is 10.6 Å². The third kappa shape index (κ3) is 3.18. The lowest BCUT2D eigenvalue weighted by Crippen LogP contribution is -2.37. The molecule has 8 heteroatoms. The largest absolute Gasteiger partial charge is 0.366 e. The van der Waals surface area contributed by atoms with E-state index in [2.05, 4.69) is 0 Å². The lowest BCUT2D eigenvalue weighted by molar-refractivity contribution is -0.384. The molecule has 2 fully saturated rings. The Bertz CT molecular complexity index is 693. The summed E-state index contributed by atoms with van der Waals surface area (Å²) in [6.45, 7) is 2.53. The average Bonchev–Trinajstić information content (AvgIpc) is 2.75. The minimum Gasteiger partial charge on any atom is -0.366 e. The highest BCUT2D eigenvalue weighted by molar-refractivity contribution is 7.89. The minimum atomic E-state index is -3.66. The second kappa shape index (κ2) is 6.45. The van der Waals surface area contributed by atoms with Crippen LogP contribution in [0.5, 0.6) is 0 Å². The summed E-state index contributed by atoms with van der Waals surface area (Å²) in [4.78, 5) is 12.8. The van der Waals surface area contributed by atoms with E-state index in [1.54, 1.807) is 6.07 Å². The van der Waals surface area contributed by atoms with Crippen molar-refractivity contribution in [3.8, 4) is 0 Å². The van der Waals surface area contributed by atoms with Crippen LogP contribution in [0.15, 0.2) is 23.1 Å². The lowest BCUT2D eigenvalue weighted by Gasteiger charge is -2.32. The fraction of sp³-hybridized carbons (Fsp3) is 0.600. The van der Waals surface area contributed by atoms with Gasteiger partial charge < -0.3 is 4.90 Å². The number of nitro groups is 1. The molecule has 0 aromatic heterocycles. The second-order valence-corrected chi connectivity index (χ2v) is 8.00. The molecule has 0 N–H and O–H groups in total. The Labute approximate surface area is 136 Å². The number of nitrogens with zero attached hydrogens (tertiary/aromatic N) is 3. The van der Waals surface area contributed by atoms with E-state index >= 15 is 0 Å². The molecule has 0 aliphatic carbocycles. The molecule has 1 aromatic carbocycles. The molecule has 0 bridgehead atoms. The van der Waals surface area contributed by atoms with Crippen LogP contribution < -0.4 is 4.90 Å². The van der Waals surface area contributed by atoms with Gasteiger partial charge in [-0.05, 0) is 31.4 Å². The van der Waals surface area contributed by atoms with Gasteiger partial charge in [-0.1, -0.05) is 12.8 Å². The summed E-state index contributed by atoms with van der Waals surface area (Å²) in [6, 6.07) is 4.29. The standard InChI is InChI=1S/C15H21N3O4S/c19-18(20)15-12-13(6-7-14(15)16-8-5-9-16)23(21,22)17-10-3-1-2-4-11-17/h6-7,12H,1-5,8-11H2. The summed E-state index contributed by atoms with van der Waals surface area (Å²) < 4.78 is 27.0. The van der Waals surface area contributed by atoms with Gasteiger partial charge in [-0.15, -0.1) is 0 Å². The van der Waals surface area contributed by atoms with Crippen molar-refractivity contribution in [3.63, 3.8) is 0 Å². The summed E-state index contributed by atoms with van der Waals surface area (Å²) >= 11 is 0. The highest BCUT2D eigenvalue weighted by Gasteiger charge is 2.30. The predicted octanol–water partition coefficient (Wildman–Crippen LogP) is 2.37. The highest BCUT2D eigenvalue weighted by atomic mass is 32.2. The molecule has 23 heavy (non-hydrogen) atoms. The first-order valence-corrected chi connectivity index (χ1v) is 9.48. The zero-order chi connectivity index (χ0) is 16.4. The number of hydrogen-bond donors (Lipinski definition) is 0. The van der Waals surface area contributed by atoms with Crippen molar-refractivity contribution in [1.29, 1.82) is 0 Å². The Morgan fingerprint density at radius 3 is 2.13 bits per heavy atom. The molecular weight excluding hydrogens is 318 g/mol. The predicted molar refractivity (Wildman–Crippen MR) is 87.2 cm³/mol. The van der Waals surface area contributed by atoms with Gasteiger partial charge in [-0.2, -0.15) is 4.31 Å². The number of hydrogen-bond acceptors (Lipinski definition) is 5. The van der Waals surface area contributed by atoms with E-state index in [9.17, 15) is 18.5 Å². The van der Waals surface area contributed by atoms with Crippen LogP contribution in [0.3, 0.4) is 0 Å². The van der Waals surface area contributed by atoms with Crippen LogP contribution in [0.2, 0.25) is 0 Å². The average molecular weight is 339 g/mol. The molecule has 2 saturated heterocycles. The highest BCUT2D eigenvalue weighted by Crippen LogP contribution is 2.34. The molecule has 0 unspecified atom stereocenters. The van der Waals surface area contributed by atoms with Gasteiger partial charge in [0.15, 0.2) is 0 Å². The van der Waals surface area contributed by atoms with E-state index < -0.39 is 14.9 Å². The molecule has 3 rings (SSSR count). The number of benzene rings is 1. The Morgan fingerprint density at radius 1 is 0.957 bits per heavy atom. The number of nitro benzene ring substituents is 1. The monoisotopic (exact) mass is 339 g/mol. The van der Waals surface area contributed by atoms with Gasteiger partial charge in [0.1, 0.15) is 5.69 Å². The maximum absolute atomic E-state index is 12.8. The van der Waals surface area contributed by atoms with E-state index in [0.717, 1.165) is 45.2 Å². The van der Waals surface area contributed by atoms with Crippen LogP contribution >= 0.6 is 0 Å². The van der Waals surface area contributed by atoms with Crippen LogP contribution in [-0.2, 0) is 10.0 Å². The Hall–Kier alpha value is -1.67. The summed E-state index contributed by atoms with van der Waals surface area (Å²) in [7, 11) is -3.66. The van der Waals surface area contributed by atoms with Crippen molar-refractivity contribution >= 4 is 21.4 Å². The zero-order valence-corrected chi connectivity index (χ0v) is 13.8. The summed E-state index contributed by atoms with van der Waals surface area (Å²) in [5.74, 6) is 0. The van der Waals surface area contributed by atoms with Gasteiger partial charge in [0.05, 0.1) is 9.82 Å². The second-order valence-electron chi connectivity index (χ2n) is 6.07. The van der Waals surface area contributed by atoms with E-state index in [0.29, 0.717) is 18.8 Å². The maximum Gasteiger partial charge on any atom is 0.293 e. The van der Waals surface area contributed by atoms with Crippen molar-refractivity contribution < 1.29 is 13.3 Å². The molecule has 2 aliphatic rings. The van der Waals surface area contributed by atoms with Crippen molar-refractivity contribution in [3.05, 3.63) is 28.3 Å². The normalized spacial score (nSPS) is 19.9. The van der Waals surface area contributed by atoms with Gasteiger partial charge in [-0.25, -0.2) is 8.42 Å². The number of anilines is 1. The summed E-state index contributed by atoms with van der Waals surface area (Å²) in [5, 5.41) is 11.3. The first-order chi connectivity index (χ1) is 11.0. The smallest absolute Gasteiger partial charge is 0.293 e. The molecule has 7 nitrogen and oxygen atoms in total. The van der Waals surface area contributed by atoms with Gasteiger partial charge in [0, 0.05) is 32.2 Å². The van der Waals surface area contributed by atoms with Crippen molar-refractivity contribution in [2.24, 2.45) is 0 Å². The summed E-state index contributed by atoms with van der Waals surface area (Å²) in [6.07, 6.45) is 4.74. The molecule has 0 radical (unpaired) electrons. The minimum absolute atomic E-state index is 0.0235. The third-order valence-corrected chi connectivity index (χ3v) is 6.44. The zero-order valence-electron chi connectivity index (χ0n) is 13.0. The molecule has 0 amide bonds. The molecule has 126 valence electrons. The fourth-order valence-corrected chi connectivity index (χ4v) is 4.60. The molecule has 0 spiro atoms. The fourth-order valence-electron chi connectivity index (χ4n) is 3.07. The van der Waals surface area contributed by atoms with Gasteiger partial charge >= 0.3 is 0 Å². The van der Waals surface area contributed by atoms with Gasteiger partial charge in [-0.3, -0.25) is 10.1 Å². The first kappa shape index (κ1) is 16.2. The maximum atomic E-state index is 12.8. The van der Waals surface area contributed by atoms with Crippen molar-refractivity contribution in [2.75, 3.05) is 31.1 Å². The van der Waals surface area contributed by atoms with E-state index in [1.807, 2.05) is 4.90 Å². The molecule has 2 aliphatic heterocycles. The molecule has 0 saturated carbocycles. The van der Waals surface area contributed by atoms with Crippen LogP contribution in [0.1, 0.15) is 32.1 Å². The van der Waals surface area contributed by atoms with Gasteiger partial charge in [0.2, 0.25) is 10.0 Å². The Kier molecular flexibility index (Phi) is 4.54. The SMILES string of the molecule is O=[N+]([O-])c1cc(S(=O)(=O)N2CCCCCC2)ccc1N1CCC1. The van der Waals surface area contributed by atoms with E-state index in [1.165, 1.54) is 16.4 Å². The third-order valence-electron chi connectivity index (χ3n) is 4.54. The van der Waals surface area contributed by atoms with Crippen LogP contribution in [0.4, 0.5) is 11.4 Å². The first-order valence-electron chi connectivity index (χ1n) is 8.04. The summed E-state index contributed by atoms with van der Waals surface area (Å²) in [5.41, 5.74) is 0.386. The van der Waals surface area contributed by atoms with Crippen LogP contribution in [-0.4, -0.2) is 43.8 Å². The van der Waals surface area contributed by atoms with E-state index in [4.69, 9.17) is 0 Å². The van der Waals surface area contributed by atoms with Gasteiger partial charge in [0.25, 0.3) is 5.69 Å². The topological polar surface area (TPSA) is 83.8 Å². The molecule has 0 atom stereocenters. The number of sulfonamides is 1.